The molecule has 0 atom stereocenters. The summed E-state index contributed by atoms with van der Waals surface area (Å²) >= 11 is 0. The number of hydrogen-bond donors (Lipinski definition) is 1. The molecule has 0 aromatic carbocycles. The zero-order valence-electron chi connectivity index (χ0n) is 12.6. The predicted octanol–water partition coefficient (Wildman–Crippen LogP) is 2.13. The van der Waals surface area contributed by atoms with Crippen LogP contribution in [0.4, 0.5) is 11.8 Å². The maximum Gasteiger partial charge on any atom is 0.228 e. The fourth-order valence-corrected chi connectivity index (χ4v) is 2.46. The molecule has 1 N–H and O–H groups in total. The molecule has 0 spiro atoms. The third kappa shape index (κ3) is 3.16. The van der Waals surface area contributed by atoms with Crippen molar-refractivity contribution in [3.05, 3.63) is 36.0 Å². The van der Waals surface area contributed by atoms with Crippen LogP contribution in [0, 0.1) is 6.92 Å². The van der Waals surface area contributed by atoms with Crippen LogP contribution >= 0.6 is 0 Å². The summed E-state index contributed by atoms with van der Waals surface area (Å²) in [7, 11) is 0. The molecule has 3 heterocycles. The molecule has 1 saturated heterocycles. The van der Waals surface area contributed by atoms with E-state index in [1.807, 2.05) is 13.0 Å². The molecule has 6 heteroatoms. The number of anilines is 2. The normalized spacial score (nSPS) is 16.0. The highest BCUT2D eigenvalue weighted by atomic mass is 15.2. The second-order valence-electron chi connectivity index (χ2n) is 5.67. The second kappa shape index (κ2) is 5.73. The van der Waals surface area contributed by atoms with E-state index in [4.69, 9.17) is 0 Å². The van der Waals surface area contributed by atoms with Crippen LogP contribution in [0.15, 0.2) is 24.5 Å². The maximum absolute atomic E-state index is 4.57. The van der Waals surface area contributed by atoms with Crippen molar-refractivity contribution in [1.29, 1.82) is 0 Å². The first-order valence-corrected chi connectivity index (χ1v) is 7.25. The first kappa shape index (κ1) is 13.9. The van der Waals surface area contributed by atoms with Crippen molar-refractivity contribution < 1.29 is 0 Å². The zero-order chi connectivity index (χ0) is 14.8. The fourth-order valence-electron chi connectivity index (χ4n) is 2.46. The van der Waals surface area contributed by atoms with E-state index >= 15 is 0 Å². The number of nitrogens with one attached hydrogen (secondary N) is 1. The monoisotopic (exact) mass is 284 g/mol. The topological polar surface area (TPSA) is 66.8 Å². The Bertz CT molecular complexity index is 607. The van der Waals surface area contributed by atoms with Crippen molar-refractivity contribution in [2.75, 3.05) is 18.4 Å². The highest BCUT2D eigenvalue weighted by molar-refractivity contribution is 5.48. The Balaban J connectivity index is 1.75. The molecule has 0 unspecified atom stereocenters. The van der Waals surface area contributed by atoms with Crippen LogP contribution in [-0.2, 0) is 0 Å². The molecular formula is C15H20N6. The number of hydrogen-bond acceptors (Lipinski definition) is 6. The van der Waals surface area contributed by atoms with Gasteiger partial charge in [-0.05, 0) is 26.8 Å². The largest absolute Gasteiger partial charge is 0.309 e. The lowest BCUT2D eigenvalue weighted by molar-refractivity contribution is 0.108. The molecule has 1 fully saturated rings. The van der Waals surface area contributed by atoms with Gasteiger partial charge in [0.1, 0.15) is 11.6 Å². The lowest BCUT2D eigenvalue weighted by Gasteiger charge is -2.41. The van der Waals surface area contributed by atoms with E-state index < -0.39 is 0 Å². The Labute approximate surface area is 124 Å². The van der Waals surface area contributed by atoms with Gasteiger partial charge in [0.05, 0.1) is 5.69 Å². The first-order valence-electron chi connectivity index (χ1n) is 7.25. The molecule has 6 nitrogen and oxygen atoms in total. The Hall–Kier alpha value is -2.08. The molecule has 21 heavy (non-hydrogen) atoms. The minimum Gasteiger partial charge on any atom is -0.309 e. The number of rotatable bonds is 4. The van der Waals surface area contributed by atoms with Gasteiger partial charge < -0.3 is 5.32 Å². The van der Waals surface area contributed by atoms with Gasteiger partial charge in [-0.25, -0.2) is 19.9 Å². The molecule has 1 aliphatic heterocycles. The van der Waals surface area contributed by atoms with E-state index in [2.05, 4.69) is 44.0 Å². The number of aromatic nitrogens is 4. The van der Waals surface area contributed by atoms with E-state index in [0.717, 1.165) is 30.4 Å². The number of aryl methyl sites for hydroxylation is 1. The smallest absolute Gasteiger partial charge is 0.228 e. The maximum atomic E-state index is 4.57. The molecule has 0 bridgehead atoms. The fraction of sp³-hybridized carbons (Fsp3) is 0.467. The van der Waals surface area contributed by atoms with Crippen LogP contribution < -0.4 is 5.32 Å². The lowest BCUT2D eigenvalue weighted by atomic mass is 9.94. The Morgan fingerprint density at radius 2 is 1.90 bits per heavy atom. The number of likely N-dealkylation sites (tertiary alicyclic amines) is 1. The van der Waals surface area contributed by atoms with Crippen molar-refractivity contribution in [2.45, 2.75) is 32.7 Å². The summed E-state index contributed by atoms with van der Waals surface area (Å²) in [5, 5.41) is 3.14. The van der Waals surface area contributed by atoms with Crippen molar-refractivity contribution in [3.63, 3.8) is 0 Å². The van der Waals surface area contributed by atoms with E-state index in [0.29, 0.717) is 17.9 Å². The standard InChI is InChI=1S/C15H20N6/c1-10(2)21-8-12(9-21)13-7-14(19-11(3)18-13)20-15-16-5-4-6-17-15/h4-7,10,12H,8-9H2,1-3H3,(H,16,17,18,19,20). The molecule has 0 aliphatic carbocycles. The average Bonchev–Trinajstić information content (AvgIpc) is 2.37. The Kier molecular flexibility index (Phi) is 3.79. The minimum absolute atomic E-state index is 0.492. The second-order valence-corrected chi connectivity index (χ2v) is 5.67. The number of nitrogens with zero attached hydrogens (tertiary/aromatic N) is 5. The Morgan fingerprint density at radius 1 is 1.19 bits per heavy atom. The molecule has 2 aromatic rings. The third-order valence-electron chi connectivity index (χ3n) is 3.72. The van der Waals surface area contributed by atoms with Crippen LogP contribution in [0.25, 0.3) is 0 Å². The molecule has 0 saturated carbocycles. The Morgan fingerprint density at radius 3 is 2.57 bits per heavy atom. The summed E-state index contributed by atoms with van der Waals surface area (Å²) in [6.45, 7) is 8.49. The van der Waals surface area contributed by atoms with Gasteiger partial charge in [-0.2, -0.15) is 0 Å². The van der Waals surface area contributed by atoms with Crippen LogP contribution in [0.5, 0.6) is 0 Å². The quantitative estimate of drug-likeness (QED) is 0.927. The molecule has 2 aromatic heterocycles. The molecule has 0 radical (unpaired) electrons. The van der Waals surface area contributed by atoms with Gasteiger partial charge in [-0.1, -0.05) is 0 Å². The van der Waals surface area contributed by atoms with Crippen molar-refractivity contribution >= 4 is 11.8 Å². The van der Waals surface area contributed by atoms with Crippen molar-refractivity contribution in [2.24, 2.45) is 0 Å². The third-order valence-corrected chi connectivity index (χ3v) is 3.72. The summed E-state index contributed by atoms with van der Waals surface area (Å²) in [5.74, 6) is 2.57. The predicted molar refractivity (Wildman–Crippen MR) is 81.5 cm³/mol. The minimum atomic E-state index is 0.492. The summed E-state index contributed by atoms with van der Waals surface area (Å²) in [6.07, 6.45) is 3.41. The van der Waals surface area contributed by atoms with Crippen LogP contribution in [-0.4, -0.2) is 44.0 Å². The highest BCUT2D eigenvalue weighted by Gasteiger charge is 2.31. The van der Waals surface area contributed by atoms with Gasteiger partial charge in [0.25, 0.3) is 0 Å². The molecule has 1 aliphatic rings. The highest BCUT2D eigenvalue weighted by Crippen LogP contribution is 2.28. The molecule has 0 amide bonds. The van der Waals surface area contributed by atoms with E-state index in [-0.39, 0.29) is 0 Å². The van der Waals surface area contributed by atoms with Crippen molar-refractivity contribution in [1.82, 2.24) is 24.8 Å². The van der Waals surface area contributed by atoms with Gasteiger partial charge in [-0.15, -0.1) is 0 Å². The van der Waals surface area contributed by atoms with Crippen molar-refractivity contribution in [3.8, 4) is 0 Å². The van der Waals surface area contributed by atoms with E-state index in [1.54, 1.807) is 18.5 Å². The summed E-state index contributed by atoms with van der Waals surface area (Å²) < 4.78 is 0. The first-order chi connectivity index (χ1) is 10.1. The molecule has 3 rings (SSSR count). The van der Waals surface area contributed by atoms with Crippen LogP contribution in [0.1, 0.15) is 31.3 Å². The van der Waals surface area contributed by atoms with Crippen LogP contribution in [0.3, 0.4) is 0 Å². The zero-order valence-corrected chi connectivity index (χ0v) is 12.6. The SMILES string of the molecule is Cc1nc(Nc2ncccn2)cc(C2CN(C(C)C)C2)n1. The summed E-state index contributed by atoms with van der Waals surface area (Å²) in [4.78, 5) is 19.7. The van der Waals surface area contributed by atoms with Gasteiger partial charge in [-0.3, -0.25) is 4.90 Å². The van der Waals surface area contributed by atoms with E-state index in [9.17, 15) is 0 Å². The molecular weight excluding hydrogens is 264 g/mol. The van der Waals surface area contributed by atoms with Gasteiger partial charge in [0.2, 0.25) is 5.95 Å². The summed E-state index contributed by atoms with van der Waals surface area (Å²) in [6, 6.07) is 4.39. The molecule has 110 valence electrons. The van der Waals surface area contributed by atoms with Crippen LogP contribution in [0.2, 0.25) is 0 Å². The average molecular weight is 284 g/mol. The van der Waals surface area contributed by atoms with Gasteiger partial charge in [0.15, 0.2) is 0 Å². The van der Waals surface area contributed by atoms with Gasteiger partial charge >= 0.3 is 0 Å². The summed E-state index contributed by atoms with van der Waals surface area (Å²) in [5.41, 5.74) is 1.10. The lowest BCUT2D eigenvalue weighted by Crippen LogP contribution is -2.48. The van der Waals surface area contributed by atoms with E-state index in [1.165, 1.54) is 0 Å². The van der Waals surface area contributed by atoms with Gasteiger partial charge in [0, 0.05) is 43.5 Å².